The number of nitrogen functional groups attached to an aromatic ring is 1. The van der Waals surface area contributed by atoms with Crippen LogP contribution >= 0.6 is 0 Å². The highest BCUT2D eigenvalue weighted by atomic mass is 19.1. The summed E-state index contributed by atoms with van der Waals surface area (Å²) in [6.07, 6.45) is 6.22. The molecule has 0 unspecified atom stereocenters. The number of nitrogens with zero attached hydrogens (tertiary/aromatic N) is 4. The molecule has 3 rings (SSSR count). The molecule has 0 aliphatic carbocycles. The van der Waals surface area contributed by atoms with Crippen molar-refractivity contribution in [3.8, 4) is 17.5 Å². The van der Waals surface area contributed by atoms with Gasteiger partial charge in [0, 0.05) is 29.6 Å². The Hall–Kier alpha value is -3.54. The number of anilines is 2. The van der Waals surface area contributed by atoms with Crippen molar-refractivity contribution in [3.05, 3.63) is 36.2 Å². The molecule has 27 heavy (non-hydrogen) atoms. The molecule has 8 nitrogen and oxygen atoms in total. The van der Waals surface area contributed by atoms with Gasteiger partial charge in [-0.15, -0.1) is 0 Å². The van der Waals surface area contributed by atoms with Crippen LogP contribution in [0.25, 0.3) is 11.3 Å². The van der Waals surface area contributed by atoms with E-state index in [-0.39, 0.29) is 18.8 Å². The number of rotatable bonds is 4. The molecule has 2 aromatic rings. The minimum Gasteiger partial charge on any atom is -0.398 e. The Morgan fingerprint density at radius 2 is 2.26 bits per heavy atom. The van der Waals surface area contributed by atoms with Crippen LogP contribution in [0.5, 0.6) is 0 Å². The zero-order valence-corrected chi connectivity index (χ0v) is 14.4. The molecule has 1 fully saturated rings. The lowest BCUT2D eigenvalue weighted by Crippen LogP contribution is -2.51. The fourth-order valence-corrected chi connectivity index (χ4v) is 3.01. The first-order chi connectivity index (χ1) is 13.0. The smallest absolute Gasteiger partial charge is 0.265 e. The predicted octanol–water partition coefficient (Wildman–Crippen LogP) is 1.95. The third-order valence-electron chi connectivity index (χ3n) is 4.44. The summed E-state index contributed by atoms with van der Waals surface area (Å²) in [5, 5.41) is 18.8. The van der Waals surface area contributed by atoms with Crippen molar-refractivity contribution in [2.45, 2.75) is 18.5 Å². The van der Waals surface area contributed by atoms with Gasteiger partial charge < -0.3 is 21.4 Å². The van der Waals surface area contributed by atoms with E-state index in [2.05, 4.69) is 15.3 Å². The summed E-state index contributed by atoms with van der Waals surface area (Å²) >= 11 is 0. The molecular weight excluding hydrogens is 349 g/mol. The highest BCUT2D eigenvalue weighted by molar-refractivity contribution is 5.97. The molecule has 0 saturated carbocycles. The van der Waals surface area contributed by atoms with Crippen molar-refractivity contribution in [1.82, 2.24) is 14.9 Å². The van der Waals surface area contributed by atoms with E-state index in [0.717, 1.165) is 6.21 Å². The number of piperidine rings is 1. The Morgan fingerprint density at radius 1 is 1.44 bits per heavy atom. The first-order valence-electron chi connectivity index (χ1n) is 8.33. The van der Waals surface area contributed by atoms with E-state index in [0.29, 0.717) is 35.5 Å². The number of nitriles is 1. The van der Waals surface area contributed by atoms with Crippen LogP contribution in [0.3, 0.4) is 0 Å². The first-order valence-corrected chi connectivity index (χ1v) is 8.33. The molecule has 2 heterocycles. The molecule has 138 valence electrons. The van der Waals surface area contributed by atoms with Gasteiger partial charge in [-0.3, -0.25) is 9.78 Å². The largest absolute Gasteiger partial charge is 0.398 e. The summed E-state index contributed by atoms with van der Waals surface area (Å²) in [5.41, 5.74) is 5.79. The van der Waals surface area contributed by atoms with Gasteiger partial charge in [0.1, 0.15) is 0 Å². The lowest BCUT2D eigenvalue weighted by atomic mass is 9.94. The highest BCUT2D eigenvalue weighted by Gasteiger charge is 2.42. The van der Waals surface area contributed by atoms with Crippen LogP contribution in [-0.2, 0) is 4.79 Å². The summed E-state index contributed by atoms with van der Waals surface area (Å²) in [6.45, 7) is 0.173. The van der Waals surface area contributed by atoms with Crippen molar-refractivity contribution in [1.29, 1.82) is 10.7 Å². The van der Waals surface area contributed by atoms with E-state index in [4.69, 9.17) is 16.4 Å². The summed E-state index contributed by atoms with van der Waals surface area (Å²) in [5.74, 6) is -0.733. The van der Waals surface area contributed by atoms with Crippen LogP contribution in [0, 0.1) is 16.9 Å². The molecule has 1 saturated heterocycles. The van der Waals surface area contributed by atoms with Crippen LogP contribution in [-0.4, -0.2) is 45.7 Å². The lowest BCUT2D eigenvalue weighted by molar-refractivity contribution is -0.130. The van der Waals surface area contributed by atoms with Gasteiger partial charge in [-0.25, -0.2) is 9.37 Å². The molecule has 1 aliphatic rings. The van der Waals surface area contributed by atoms with Crippen molar-refractivity contribution >= 4 is 23.6 Å². The van der Waals surface area contributed by atoms with Crippen molar-refractivity contribution in [2.24, 2.45) is 0 Å². The maximum absolute atomic E-state index is 14.9. The molecular formula is C18H18FN7O. The zero-order valence-electron chi connectivity index (χ0n) is 14.4. The Bertz CT molecular complexity index is 909. The molecule has 1 amide bonds. The second-order valence-corrected chi connectivity index (χ2v) is 6.28. The number of carbonyl (C=O) groups excluding carboxylic acids is 1. The van der Waals surface area contributed by atoms with Gasteiger partial charge in [0.05, 0.1) is 24.6 Å². The Morgan fingerprint density at radius 3 is 2.93 bits per heavy atom. The van der Waals surface area contributed by atoms with Crippen molar-refractivity contribution < 1.29 is 9.18 Å². The fourth-order valence-electron chi connectivity index (χ4n) is 3.01. The highest BCUT2D eigenvalue weighted by Crippen LogP contribution is 2.27. The summed E-state index contributed by atoms with van der Waals surface area (Å²) in [4.78, 5) is 21.9. The second kappa shape index (κ2) is 7.37. The third-order valence-corrected chi connectivity index (χ3v) is 4.44. The maximum Gasteiger partial charge on any atom is 0.265 e. The van der Waals surface area contributed by atoms with Crippen LogP contribution in [0.4, 0.5) is 15.9 Å². The van der Waals surface area contributed by atoms with E-state index in [1.54, 1.807) is 18.2 Å². The van der Waals surface area contributed by atoms with Gasteiger partial charge >= 0.3 is 0 Å². The van der Waals surface area contributed by atoms with Crippen LogP contribution < -0.4 is 11.1 Å². The van der Waals surface area contributed by atoms with Gasteiger partial charge in [-0.2, -0.15) is 5.26 Å². The summed E-state index contributed by atoms with van der Waals surface area (Å²) in [6, 6.07) is 5.18. The van der Waals surface area contributed by atoms with E-state index in [9.17, 15) is 9.18 Å². The van der Waals surface area contributed by atoms with Crippen LogP contribution in [0.2, 0.25) is 0 Å². The lowest BCUT2D eigenvalue weighted by Gasteiger charge is -2.32. The van der Waals surface area contributed by atoms with E-state index in [1.807, 2.05) is 6.19 Å². The van der Waals surface area contributed by atoms with Gasteiger partial charge in [-0.1, -0.05) is 12.1 Å². The Labute approximate surface area is 155 Å². The number of aromatic nitrogens is 2. The molecule has 1 aromatic heterocycles. The topological polar surface area (TPSA) is 132 Å². The number of alkyl halides is 1. The minimum absolute atomic E-state index is 0.0501. The number of likely N-dealkylation sites (tertiary alicyclic amines) is 1. The maximum atomic E-state index is 14.9. The first kappa shape index (κ1) is 18.3. The average Bonchev–Trinajstić information content (AvgIpc) is 2.68. The average molecular weight is 367 g/mol. The second-order valence-electron chi connectivity index (χ2n) is 6.28. The van der Waals surface area contributed by atoms with Gasteiger partial charge in [0.15, 0.2) is 12.0 Å². The van der Waals surface area contributed by atoms with Crippen molar-refractivity contribution in [3.63, 3.8) is 0 Å². The van der Waals surface area contributed by atoms with Gasteiger partial charge in [-0.05, 0) is 18.9 Å². The Balaban J connectivity index is 1.77. The van der Waals surface area contributed by atoms with Crippen LogP contribution in [0.1, 0.15) is 18.4 Å². The number of hydrogen-bond donors (Lipinski definition) is 3. The number of nitrogens with two attached hydrogens (primary N) is 1. The number of nitrogens with one attached hydrogen (secondary N) is 2. The number of amides is 1. The zero-order chi connectivity index (χ0) is 19.4. The molecule has 0 radical (unpaired) electrons. The quantitative estimate of drug-likeness (QED) is 0.430. The molecule has 1 aliphatic heterocycles. The SMILES string of the molecule is N#CN1CCC[C@](F)(C(=O)Nc2cnc(-c3cccc(N)c3C=N)cn2)C1. The number of halogens is 1. The van der Waals surface area contributed by atoms with Crippen LogP contribution in [0.15, 0.2) is 30.6 Å². The predicted molar refractivity (Wildman–Crippen MR) is 98.7 cm³/mol. The monoisotopic (exact) mass is 367 g/mol. The molecule has 9 heteroatoms. The fraction of sp³-hybridized carbons (Fsp3) is 0.278. The van der Waals surface area contributed by atoms with Gasteiger partial charge in [0.25, 0.3) is 5.91 Å². The molecule has 0 spiro atoms. The van der Waals surface area contributed by atoms with E-state index >= 15 is 0 Å². The Kier molecular flexibility index (Phi) is 4.98. The summed E-state index contributed by atoms with van der Waals surface area (Å²) in [7, 11) is 0. The standard InChI is InChI=1S/C18H18FN7O/c19-18(5-2-6-26(10-18)11-21)17(27)25-16-9-23-15(8-24-16)12-3-1-4-14(22)13(12)7-20/h1,3-4,7-9,20H,2,5-6,10,22H2,(H,24,25,27)/t18-/m1/s1. The number of hydrogen-bond acceptors (Lipinski definition) is 7. The van der Waals surface area contributed by atoms with E-state index < -0.39 is 11.6 Å². The van der Waals surface area contributed by atoms with E-state index in [1.165, 1.54) is 17.3 Å². The number of carbonyl (C=O) groups is 1. The molecule has 1 aromatic carbocycles. The van der Waals surface area contributed by atoms with Gasteiger partial charge in [0.2, 0.25) is 5.67 Å². The molecule has 4 N–H and O–H groups in total. The third kappa shape index (κ3) is 3.69. The summed E-state index contributed by atoms with van der Waals surface area (Å²) < 4.78 is 14.9. The minimum atomic E-state index is -2.14. The normalized spacial score (nSPS) is 19.2. The molecule has 1 atom stereocenters. The number of benzene rings is 1. The van der Waals surface area contributed by atoms with Crippen molar-refractivity contribution in [2.75, 3.05) is 24.1 Å². The molecule has 0 bridgehead atoms.